The highest BCUT2D eigenvalue weighted by molar-refractivity contribution is 5.77. The summed E-state index contributed by atoms with van der Waals surface area (Å²) in [6.07, 6.45) is 0.648. The zero-order chi connectivity index (χ0) is 14.5. The van der Waals surface area contributed by atoms with Crippen LogP contribution in [0.25, 0.3) is 0 Å². The van der Waals surface area contributed by atoms with Gasteiger partial charge in [0.15, 0.2) is 0 Å². The van der Waals surface area contributed by atoms with E-state index in [0.717, 1.165) is 6.42 Å². The molecule has 0 fully saturated rings. The Balaban J connectivity index is 4.56. The maximum atomic E-state index is 11.9. The van der Waals surface area contributed by atoms with Crippen molar-refractivity contribution in [2.24, 2.45) is 0 Å². The first-order valence-corrected chi connectivity index (χ1v) is 6.24. The smallest absolute Gasteiger partial charge is 0.410 e. The number of nitrogens with zero attached hydrogens (tertiary/aromatic N) is 2. The van der Waals surface area contributed by atoms with Crippen molar-refractivity contribution in [3.63, 3.8) is 0 Å². The van der Waals surface area contributed by atoms with Crippen LogP contribution in [0.5, 0.6) is 0 Å². The number of rotatable bonds is 4. The Labute approximate surface area is 110 Å². The molecule has 5 nitrogen and oxygen atoms in total. The van der Waals surface area contributed by atoms with E-state index in [-0.39, 0.29) is 18.0 Å². The Morgan fingerprint density at radius 3 is 2.00 bits per heavy atom. The average Bonchev–Trinajstić information content (AvgIpc) is 2.21. The number of carbonyl (C=O) groups is 2. The first-order valence-electron chi connectivity index (χ1n) is 6.24. The van der Waals surface area contributed by atoms with E-state index in [9.17, 15) is 9.59 Å². The Hall–Kier alpha value is -1.26. The third-order valence-corrected chi connectivity index (χ3v) is 2.61. The monoisotopic (exact) mass is 258 g/mol. The van der Waals surface area contributed by atoms with Crippen LogP contribution in [0, 0.1) is 0 Å². The summed E-state index contributed by atoms with van der Waals surface area (Å²) in [5.41, 5.74) is -0.519. The molecule has 106 valence electrons. The van der Waals surface area contributed by atoms with Gasteiger partial charge in [-0.2, -0.15) is 0 Å². The lowest BCUT2D eigenvalue weighted by atomic mass is 10.1. The maximum absolute atomic E-state index is 11.9. The van der Waals surface area contributed by atoms with Crippen molar-refractivity contribution in [3.05, 3.63) is 0 Å². The molecule has 0 rings (SSSR count). The number of amides is 2. The van der Waals surface area contributed by atoms with Crippen molar-refractivity contribution in [3.8, 4) is 0 Å². The molecule has 0 aromatic carbocycles. The van der Waals surface area contributed by atoms with Crippen LogP contribution in [0.3, 0.4) is 0 Å². The molecule has 0 aliphatic rings. The number of hydrogen-bond donors (Lipinski definition) is 0. The Bertz CT molecular complexity index is 295. The summed E-state index contributed by atoms with van der Waals surface area (Å²) in [7, 11) is 5.09. The normalized spacial score (nSPS) is 12.8. The average molecular weight is 258 g/mol. The van der Waals surface area contributed by atoms with Crippen LogP contribution in [0.2, 0.25) is 0 Å². The highest BCUT2D eigenvalue weighted by atomic mass is 16.6. The van der Waals surface area contributed by atoms with E-state index in [1.54, 1.807) is 21.1 Å². The molecule has 0 N–H and O–H groups in total. The van der Waals surface area contributed by atoms with E-state index in [1.807, 2.05) is 27.7 Å². The van der Waals surface area contributed by atoms with Gasteiger partial charge in [0.05, 0.1) is 0 Å². The lowest BCUT2D eigenvalue weighted by Crippen LogP contribution is -2.42. The minimum atomic E-state index is -0.519. The molecule has 0 aliphatic carbocycles. The quantitative estimate of drug-likeness (QED) is 0.776. The van der Waals surface area contributed by atoms with E-state index in [4.69, 9.17) is 4.74 Å². The SMILES string of the molecule is CCC(CC(=O)N(C)C)N(C)C(=O)OC(C)(C)C. The van der Waals surface area contributed by atoms with Crippen LogP contribution < -0.4 is 0 Å². The van der Waals surface area contributed by atoms with Crippen molar-refractivity contribution >= 4 is 12.0 Å². The van der Waals surface area contributed by atoms with Gasteiger partial charge in [-0.15, -0.1) is 0 Å². The molecule has 0 spiro atoms. The van der Waals surface area contributed by atoms with Crippen LogP contribution in [-0.4, -0.2) is 54.6 Å². The van der Waals surface area contributed by atoms with Gasteiger partial charge < -0.3 is 14.5 Å². The molecule has 5 heteroatoms. The fraction of sp³-hybridized carbons (Fsp3) is 0.846. The van der Waals surface area contributed by atoms with E-state index >= 15 is 0 Å². The van der Waals surface area contributed by atoms with E-state index in [0.29, 0.717) is 6.42 Å². The zero-order valence-electron chi connectivity index (χ0n) is 12.6. The predicted octanol–water partition coefficient (Wildman–Crippen LogP) is 2.11. The molecule has 0 radical (unpaired) electrons. The van der Waals surface area contributed by atoms with Gasteiger partial charge in [-0.25, -0.2) is 4.79 Å². The Morgan fingerprint density at radius 2 is 1.67 bits per heavy atom. The number of hydrogen-bond acceptors (Lipinski definition) is 3. The van der Waals surface area contributed by atoms with Crippen molar-refractivity contribution in [1.29, 1.82) is 0 Å². The third kappa shape index (κ3) is 5.89. The van der Waals surface area contributed by atoms with Gasteiger partial charge in [-0.3, -0.25) is 4.79 Å². The van der Waals surface area contributed by atoms with Crippen LogP contribution in [0.1, 0.15) is 40.5 Å². The molecule has 0 bridgehead atoms. The highest BCUT2D eigenvalue weighted by Crippen LogP contribution is 2.14. The summed E-state index contributed by atoms with van der Waals surface area (Å²) in [5, 5.41) is 0. The number of ether oxygens (including phenoxy) is 1. The van der Waals surface area contributed by atoms with E-state index in [2.05, 4.69) is 0 Å². The van der Waals surface area contributed by atoms with Crippen LogP contribution in [0.15, 0.2) is 0 Å². The van der Waals surface area contributed by atoms with Crippen molar-refractivity contribution in [2.45, 2.75) is 52.2 Å². The van der Waals surface area contributed by atoms with Gasteiger partial charge in [-0.05, 0) is 27.2 Å². The summed E-state index contributed by atoms with van der Waals surface area (Å²) in [6.45, 7) is 7.43. The minimum absolute atomic E-state index is 0.0114. The first kappa shape index (κ1) is 16.7. The van der Waals surface area contributed by atoms with Crippen LogP contribution in [-0.2, 0) is 9.53 Å². The molecular weight excluding hydrogens is 232 g/mol. The molecule has 18 heavy (non-hydrogen) atoms. The fourth-order valence-electron chi connectivity index (χ4n) is 1.42. The van der Waals surface area contributed by atoms with Crippen molar-refractivity contribution < 1.29 is 14.3 Å². The first-order chi connectivity index (χ1) is 8.08. The standard InChI is InChI=1S/C13H26N2O3/c1-8-10(9-11(16)14(5)6)15(7)12(17)18-13(2,3)4/h10H,8-9H2,1-7H3. The van der Waals surface area contributed by atoms with E-state index in [1.165, 1.54) is 9.80 Å². The molecule has 1 atom stereocenters. The molecule has 2 amide bonds. The van der Waals surface area contributed by atoms with Gasteiger partial charge >= 0.3 is 6.09 Å². The molecule has 0 saturated heterocycles. The second-order valence-corrected chi connectivity index (χ2v) is 5.65. The fourth-order valence-corrected chi connectivity index (χ4v) is 1.42. The summed E-state index contributed by atoms with van der Waals surface area (Å²) < 4.78 is 5.29. The lowest BCUT2D eigenvalue weighted by molar-refractivity contribution is -0.129. The number of carbonyl (C=O) groups excluding carboxylic acids is 2. The second-order valence-electron chi connectivity index (χ2n) is 5.65. The Morgan fingerprint density at radius 1 is 1.17 bits per heavy atom. The summed E-state index contributed by atoms with van der Waals surface area (Å²) in [4.78, 5) is 26.6. The minimum Gasteiger partial charge on any atom is -0.444 e. The van der Waals surface area contributed by atoms with Gasteiger partial charge in [0.1, 0.15) is 5.60 Å². The summed E-state index contributed by atoms with van der Waals surface area (Å²) in [5.74, 6) is 0.0114. The van der Waals surface area contributed by atoms with Crippen molar-refractivity contribution in [2.75, 3.05) is 21.1 Å². The van der Waals surface area contributed by atoms with Gasteiger partial charge in [0.2, 0.25) is 5.91 Å². The van der Waals surface area contributed by atoms with Crippen LogP contribution >= 0.6 is 0 Å². The summed E-state index contributed by atoms with van der Waals surface area (Å²) in [6, 6.07) is -0.130. The molecule has 0 aromatic heterocycles. The van der Waals surface area contributed by atoms with Crippen molar-refractivity contribution in [1.82, 2.24) is 9.80 Å². The second kappa shape index (κ2) is 6.61. The maximum Gasteiger partial charge on any atom is 0.410 e. The zero-order valence-corrected chi connectivity index (χ0v) is 12.6. The highest BCUT2D eigenvalue weighted by Gasteiger charge is 2.26. The van der Waals surface area contributed by atoms with Crippen LogP contribution in [0.4, 0.5) is 4.79 Å². The predicted molar refractivity (Wildman–Crippen MR) is 71.4 cm³/mol. The van der Waals surface area contributed by atoms with E-state index < -0.39 is 5.60 Å². The topological polar surface area (TPSA) is 49.9 Å². The molecule has 0 saturated carbocycles. The molecular formula is C13H26N2O3. The molecule has 0 heterocycles. The summed E-state index contributed by atoms with van der Waals surface area (Å²) >= 11 is 0. The lowest BCUT2D eigenvalue weighted by Gasteiger charge is -2.30. The largest absolute Gasteiger partial charge is 0.444 e. The van der Waals surface area contributed by atoms with Gasteiger partial charge in [-0.1, -0.05) is 6.92 Å². The third-order valence-electron chi connectivity index (χ3n) is 2.61. The molecule has 0 aromatic rings. The van der Waals surface area contributed by atoms with Gasteiger partial charge in [0.25, 0.3) is 0 Å². The molecule has 1 unspecified atom stereocenters. The molecule has 0 aliphatic heterocycles. The van der Waals surface area contributed by atoms with Gasteiger partial charge in [0, 0.05) is 33.6 Å². The Kier molecular flexibility index (Phi) is 6.15.